The standard InChI is InChI=1S/C13H22N2O5/c1-2-14(8-10-4-3-5-20-10)13(19)15-7-9(16)6-11(15)12(17)18/h9-11,16H,2-8H2,1H3,(H,17,18)/t9?,10?,11-/m0/s1. The Morgan fingerprint density at radius 2 is 2.20 bits per heavy atom. The second kappa shape index (κ2) is 6.41. The summed E-state index contributed by atoms with van der Waals surface area (Å²) < 4.78 is 5.52. The molecule has 0 bridgehead atoms. The van der Waals surface area contributed by atoms with Crippen LogP contribution in [0.25, 0.3) is 0 Å². The molecule has 2 saturated heterocycles. The monoisotopic (exact) mass is 286 g/mol. The van der Waals surface area contributed by atoms with Crippen LogP contribution in [0.4, 0.5) is 4.79 Å². The van der Waals surface area contributed by atoms with Gasteiger partial charge in [-0.2, -0.15) is 0 Å². The van der Waals surface area contributed by atoms with Crippen molar-refractivity contribution in [2.45, 2.75) is 44.4 Å². The number of ether oxygens (including phenoxy) is 1. The molecule has 0 aromatic carbocycles. The second-order valence-electron chi connectivity index (χ2n) is 5.35. The van der Waals surface area contributed by atoms with E-state index in [9.17, 15) is 14.7 Å². The number of likely N-dealkylation sites (N-methyl/N-ethyl adjacent to an activating group) is 1. The fourth-order valence-corrected chi connectivity index (χ4v) is 2.82. The number of carboxylic acid groups (broad SMARTS) is 1. The van der Waals surface area contributed by atoms with Crippen molar-refractivity contribution in [3.63, 3.8) is 0 Å². The highest BCUT2D eigenvalue weighted by Crippen LogP contribution is 2.21. The van der Waals surface area contributed by atoms with Gasteiger partial charge in [0.25, 0.3) is 0 Å². The van der Waals surface area contributed by atoms with Gasteiger partial charge in [0.05, 0.1) is 12.2 Å². The zero-order chi connectivity index (χ0) is 14.7. The highest BCUT2D eigenvalue weighted by atomic mass is 16.5. The zero-order valence-electron chi connectivity index (χ0n) is 11.7. The van der Waals surface area contributed by atoms with Crippen LogP contribution in [0.15, 0.2) is 0 Å². The Kier molecular flexibility index (Phi) is 4.82. The number of aliphatic hydroxyl groups is 1. The molecular formula is C13H22N2O5. The third-order valence-corrected chi connectivity index (χ3v) is 3.91. The van der Waals surface area contributed by atoms with Gasteiger partial charge in [0, 0.05) is 32.7 Å². The molecule has 114 valence electrons. The molecule has 0 radical (unpaired) electrons. The molecule has 0 aromatic rings. The van der Waals surface area contributed by atoms with Crippen molar-refractivity contribution in [1.29, 1.82) is 0 Å². The molecule has 2 unspecified atom stereocenters. The van der Waals surface area contributed by atoms with Crippen molar-refractivity contribution < 1.29 is 24.5 Å². The van der Waals surface area contributed by atoms with Gasteiger partial charge in [0.2, 0.25) is 0 Å². The Labute approximate surface area is 118 Å². The van der Waals surface area contributed by atoms with Crippen LogP contribution in [0.1, 0.15) is 26.2 Å². The second-order valence-corrected chi connectivity index (χ2v) is 5.35. The topological polar surface area (TPSA) is 90.3 Å². The smallest absolute Gasteiger partial charge is 0.326 e. The minimum atomic E-state index is -1.07. The van der Waals surface area contributed by atoms with Crippen molar-refractivity contribution in [3.05, 3.63) is 0 Å². The molecular weight excluding hydrogens is 264 g/mol. The maximum absolute atomic E-state index is 12.4. The maximum Gasteiger partial charge on any atom is 0.326 e. The number of hydrogen-bond donors (Lipinski definition) is 2. The number of urea groups is 1. The molecule has 2 aliphatic heterocycles. The molecule has 0 spiro atoms. The first kappa shape index (κ1) is 15.1. The van der Waals surface area contributed by atoms with Gasteiger partial charge in [0.1, 0.15) is 6.04 Å². The van der Waals surface area contributed by atoms with E-state index in [1.54, 1.807) is 4.90 Å². The SMILES string of the molecule is CCN(CC1CCCO1)C(=O)N1CC(O)C[C@H]1C(=O)O. The third-order valence-electron chi connectivity index (χ3n) is 3.91. The van der Waals surface area contributed by atoms with Gasteiger partial charge in [-0.25, -0.2) is 9.59 Å². The molecule has 0 saturated carbocycles. The molecule has 7 heteroatoms. The molecule has 2 heterocycles. The number of amides is 2. The van der Waals surface area contributed by atoms with Crippen LogP contribution in [0.5, 0.6) is 0 Å². The lowest BCUT2D eigenvalue weighted by molar-refractivity contribution is -0.141. The number of carboxylic acids is 1. The highest BCUT2D eigenvalue weighted by Gasteiger charge is 2.40. The number of hydrogen-bond acceptors (Lipinski definition) is 4. The summed E-state index contributed by atoms with van der Waals surface area (Å²) in [5.74, 6) is -1.07. The summed E-state index contributed by atoms with van der Waals surface area (Å²) in [5.41, 5.74) is 0. The third kappa shape index (κ3) is 3.21. The highest BCUT2D eigenvalue weighted by molar-refractivity contribution is 5.83. The average Bonchev–Trinajstić information content (AvgIpc) is 3.04. The van der Waals surface area contributed by atoms with Gasteiger partial charge >= 0.3 is 12.0 Å². The Morgan fingerprint density at radius 1 is 1.45 bits per heavy atom. The molecule has 2 amide bonds. The number of likely N-dealkylation sites (tertiary alicyclic amines) is 1. The molecule has 3 atom stereocenters. The first-order valence-corrected chi connectivity index (χ1v) is 7.11. The van der Waals surface area contributed by atoms with E-state index >= 15 is 0 Å². The number of rotatable bonds is 4. The quantitative estimate of drug-likeness (QED) is 0.766. The number of carbonyl (C=O) groups is 2. The first-order chi connectivity index (χ1) is 9.52. The summed E-state index contributed by atoms with van der Waals surface area (Å²) in [6.45, 7) is 3.63. The van der Waals surface area contributed by atoms with E-state index in [1.807, 2.05) is 6.92 Å². The summed E-state index contributed by atoms with van der Waals surface area (Å²) in [6, 6.07) is -1.26. The van der Waals surface area contributed by atoms with Crippen LogP contribution in [-0.4, -0.2) is 76.5 Å². The van der Waals surface area contributed by atoms with Crippen molar-refractivity contribution >= 4 is 12.0 Å². The minimum absolute atomic E-state index is 0.0368. The average molecular weight is 286 g/mol. The van der Waals surface area contributed by atoms with Gasteiger partial charge in [-0.3, -0.25) is 0 Å². The molecule has 0 aliphatic carbocycles. The van der Waals surface area contributed by atoms with Crippen molar-refractivity contribution in [2.24, 2.45) is 0 Å². The number of β-amino-alcohol motifs (C(OH)–C–C–N with tert-alkyl or cyclic N) is 1. The van der Waals surface area contributed by atoms with Crippen LogP contribution >= 0.6 is 0 Å². The van der Waals surface area contributed by atoms with Crippen LogP contribution < -0.4 is 0 Å². The Balaban J connectivity index is 2.01. The van der Waals surface area contributed by atoms with Crippen molar-refractivity contribution in [2.75, 3.05) is 26.2 Å². The lowest BCUT2D eigenvalue weighted by atomic mass is 10.2. The van der Waals surface area contributed by atoms with Gasteiger partial charge in [-0.05, 0) is 19.8 Å². The van der Waals surface area contributed by atoms with Crippen LogP contribution in [0, 0.1) is 0 Å². The molecule has 2 fully saturated rings. The fourth-order valence-electron chi connectivity index (χ4n) is 2.82. The van der Waals surface area contributed by atoms with E-state index in [2.05, 4.69) is 0 Å². The summed E-state index contributed by atoms with van der Waals surface area (Å²) >= 11 is 0. The molecule has 20 heavy (non-hydrogen) atoms. The van der Waals surface area contributed by atoms with Gasteiger partial charge in [0.15, 0.2) is 0 Å². The minimum Gasteiger partial charge on any atom is -0.480 e. The Morgan fingerprint density at radius 3 is 2.75 bits per heavy atom. The van der Waals surface area contributed by atoms with Crippen LogP contribution in [0.3, 0.4) is 0 Å². The first-order valence-electron chi connectivity index (χ1n) is 7.11. The largest absolute Gasteiger partial charge is 0.480 e. The Bertz CT molecular complexity index is 370. The normalized spacial score (nSPS) is 29.7. The van der Waals surface area contributed by atoms with E-state index in [4.69, 9.17) is 9.84 Å². The van der Waals surface area contributed by atoms with Gasteiger partial charge < -0.3 is 24.7 Å². The van der Waals surface area contributed by atoms with E-state index in [-0.39, 0.29) is 25.1 Å². The molecule has 0 aromatic heterocycles. The van der Waals surface area contributed by atoms with E-state index < -0.39 is 18.1 Å². The summed E-state index contributed by atoms with van der Waals surface area (Å²) in [4.78, 5) is 26.5. The lowest BCUT2D eigenvalue weighted by Gasteiger charge is -2.30. The van der Waals surface area contributed by atoms with Crippen molar-refractivity contribution in [1.82, 2.24) is 9.80 Å². The predicted octanol–water partition coefficient (Wildman–Crippen LogP) is 0.127. The number of carbonyl (C=O) groups excluding carboxylic acids is 1. The van der Waals surface area contributed by atoms with Crippen LogP contribution in [-0.2, 0) is 9.53 Å². The van der Waals surface area contributed by atoms with E-state index in [0.29, 0.717) is 13.1 Å². The lowest BCUT2D eigenvalue weighted by Crippen LogP contribution is -2.50. The molecule has 2 N–H and O–H groups in total. The molecule has 2 aliphatic rings. The summed E-state index contributed by atoms with van der Waals surface area (Å²) in [7, 11) is 0. The number of nitrogens with zero attached hydrogens (tertiary/aromatic N) is 2. The van der Waals surface area contributed by atoms with Gasteiger partial charge in [-0.15, -0.1) is 0 Å². The maximum atomic E-state index is 12.4. The number of aliphatic hydroxyl groups excluding tert-OH is 1. The van der Waals surface area contributed by atoms with E-state index in [0.717, 1.165) is 19.4 Å². The summed E-state index contributed by atoms with van der Waals surface area (Å²) in [5, 5.41) is 18.7. The predicted molar refractivity (Wildman–Crippen MR) is 70.4 cm³/mol. The van der Waals surface area contributed by atoms with E-state index in [1.165, 1.54) is 4.90 Å². The Hall–Kier alpha value is -1.34. The summed E-state index contributed by atoms with van der Waals surface area (Å²) in [6.07, 6.45) is 1.29. The van der Waals surface area contributed by atoms with Crippen molar-refractivity contribution in [3.8, 4) is 0 Å². The molecule has 7 nitrogen and oxygen atoms in total. The fraction of sp³-hybridized carbons (Fsp3) is 0.846. The number of aliphatic carboxylic acids is 1. The van der Waals surface area contributed by atoms with Gasteiger partial charge in [-0.1, -0.05) is 0 Å². The molecule has 2 rings (SSSR count). The van der Waals surface area contributed by atoms with Crippen LogP contribution in [0.2, 0.25) is 0 Å². The zero-order valence-corrected chi connectivity index (χ0v) is 11.7.